The normalized spacial score (nSPS) is 10.6. The molecule has 96 valence electrons. The first-order valence-corrected chi connectivity index (χ1v) is 6.22. The summed E-state index contributed by atoms with van der Waals surface area (Å²) in [6.07, 6.45) is 3.53. The molecule has 1 N–H and O–H groups in total. The molecule has 18 heavy (non-hydrogen) atoms. The Bertz CT molecular complexity index is 530. The highest BCUT2D eigenvalue weighted by atomic mass is 79.9. The molecule has 0 unspecified atom stereocenters. The fourth-order valence-corrected chi connectivity index (χ4v) is 1.75. The smallest absolute Gasteiger partial charge is 0.207 e. The lowest BCUT2D eigenvalue weighted by atomic mass is 10.3. The van der Waals surface area contributed by atoms with Gasteiger partial charge in [0.05, 0.1) is 11.1 Å². The lowest BCUT2D eigenvalue weighted by Gasteiger charge is -2.09. The molecular formula is C12H13BrFN3O. The molecule has 0 radical (unpaired) electrons. The lowest BCUT2D eigenvalue weighted by molar-refractivity contribution is 0.188. The van der Waals surface area contributed by atoms with E-state index in [1.54, 1.807) is 25.4 Å². The number of methoxy groups -OCH3 is 1. The van der Waals surface area contributed by atoms with Gasteiger partial charge in [-0.1, -0.05) is 0 Å². The topological polar surface area (TPSA) is 39.1 Å². The predicted octanol–water partition coefficient (Wildman–Crippen LogP) is 3.17. The first-order chi connectivity index (χ1) is 8.70. The molecule has 2 rings (SSSR count). The standard InChI is InChI=1S/C12H13BrFN3O/c1-18-7-6-17-5-4-15-12(17)16-9-2-3-10(13)11(14)8-9/h2-5,8H,6-7H2,1H3,(H,15,16). The SMILES string of the molecule is COCCn1ccnc1Nc1ccc(Br)c(F)c1. The van der Waals surface area contributed by atoms with Gasteiger partial charge in [-0.3, -0.25) is 0 Å². The summed E-state index contributed by atoms with van der Waals surface area (Å²) in [6, 6.07) is 4.85. The largest absolute Gasteiger partial charge is 0.383 e. The summed E-state index contributed by atoms with van der Waals surface area (Å²) in [4.78, 5) is 4.18. The quantitative estimate of drug-likeness (QED) is 0.921. The van der Waals surface area contributed by atoms with Crippen LogP contribution in [0.2, 0.25) is 0 Å². The number of aromatic nitrogens is 2. The third-order valence-corrected chi connectivity index (χ3v) is 3.07. The number of benzene rings is 1. The van der Waals surface area contributed by atoms with Crippen molar-refractivity contribution in [2.75, 3.05) is 19.0 Å². The number of halogens is 2. The highest BCUT2D eigenvalue weighted by molar-refractivity contribution is 9.10. The minimum Gasteiger partial charge on any atom is -0.383 e. The number of anilines is 2. The second-order valence-corrected chi connectivity index (χ2v) is 4.55. The second kappa shape index (κ2) is 5.97. The summed E-state index contributed by atoms with van der Waals surface area (Å²) in [5.41, 5.74) is 0.653. The fraction of sp³-hybridized carbons (Fsp3) is 0.250. The Morgan fingerprint density at radius 2 is 2.33 bits per heavy atom. The van der Waals surface area contributed by atoms with Gasteiger partial charge in [0.15, 0.2) is 0 Å². The van der Waals surface area contributed by atoms with Crippen LogP contribution in [0.4, 0.5) is 16.0 Å². The molecule has 4 nitrogen and oxygen atoms in total. The molecule has 2 aromatic rings. The van der Waals surface area contributed by atoms with Crippen LogP contribution in [0, 0.1) is 5.82 Å². The average Bonchev–Trinajstić information content (AvgIpc) is 2.79. The highest BCUT2D eigenvalue weighted by Gasteiger charge is 2.05. The molecule has 0 aliphatic carbocycles. The van der Waals surface area contributed by atoms with Crippen LogP contribution in [0.3, 0.4) is 0 Å². The Hall–Kier alpha value is -1.40. The maximum absolute atomic E-state index is 13.4. The molecule has 1 aromatic carbocycles. The van der Waals surface area contributed by atoms with Crippen molar-refractivity contribution in [3.8, 4) is 0 Å². The van der Waals surface area contributed by atoms with Crippen molar-refractivity contribution in [1.82, 2.24) is 9.55 Å². The van der Waals surface area contributed by atoms with Crippen LogP contribution in [0.25, 0.3) is 0 Å². The van der Waals surface area contributed by atoms with E-state index < -0.39 is 0 Å². The van der Waals surface area contributed by atoms with E-state index in [0.717, 1.165) is 0 Å². The fourth-order valence-electron chi connectivity index (χ4n) is 1.51. The minimum absolute atomic E-state index is 0.310. The Balaban J connectivity index is 2.13. The third kappa shape index (κ3) is 3.08. The molecule has 0 saturated heterocycles. The molecule has 0 aliphatic heterocycles. The molecular weight excluding hydrogens is 301 g/mol. The number of rotatable bonds is 5. The molecule has 0 saturated carbocycles. The molecule has 6 heteroatoms. The van der Waals surface area contributed by atoms with E-state index in [9.17, 15) is 4.39 Å². The highest BCUT2D eigenvalue weighted by Crippen LogP contribution is 2.21. The van der Waals surface area contributed by atoms with Gasteiger partial charge in [0, 0.05) is 31.7 Å². The molecule has 0 aliphatic rings. The van der Waals surface area contributed by atoms with Crippen LogP contribution < -0.4 is 5.32 Å². The molecule has 0 atom stereocenters. The minimum atomic E-state index is -0.310. The first kappa shape index (κ1) is 13.0. The van der Waals surface area contributed by atoms with Crippen molar-refractivity contribution >= 4 is 27.6 Å². The Morgan fingerprint density at radius 1 is 1.50 bits per heavy atom. The molecule has 0 bridgehead atoms. The maximum Gasteiger partial charge on any atom is 0.207 e. The summed E-state index contributed by atoms with van der Waals surface area (Å²) in [7, 11) is 1.65. The van der Waals surface area contributed by atoms with Crippen molar-refractivity contribution in [3.05, 3.63) is 40.9 Å². The van der Waals surface area contributed by atoms with Crippen LogP contribution >= 0.6 is 15.9 Å². The molecule has 1 aromatic heterocycles. The van der Waals surface area contributed by atoms with Crippen LogP contribution in [-0.4, -0.2) is 23.3 Å². The van der Waals surface area contributed by atoms with Gasteiger partial charge >= 0.3 is 0 Å². The van der Waals surface area contributed by atoms with Crippen molar-refractivity contribution in [2.24, 2.45) is 0 Å². The van der Waals surface area contributed by atoms with E-state index in [2.05, 4.69) is 26.2 Å². The van der Waals surface area contributed by atoms with E-state index in [1.807, 2.05) is 10.8 Å². The van der Waals surface area contributed by atoms with Gasteiger partial charge in [0.25, 0.3) is 0 Å². The monoisotopic (exact) mass is 313 g/mol. The van der Waals surface area contributed by atoms with Crippen molar-refractivity contribution < 1.29 is 9.13 Å². The van der Waals surface area contributed by atoms with Gasteiger partial charge in [-0.25, -0.2) is 9.37 Å². The van der Waals surface area contributed by atoms with Crippen LogP contribution in [0.5, 0.6) is 0 Å². The lowest BCUT2D eigenvalue weighted by Crippen LogP contribution is -2.07. The van der Waals surface area contributed by atoms with Gasteiger partial charge in [-0.15, -0.1) is 0 Å². The van der Waals surface area contributed by atoms with Crippen LogP contribution in [-0.2, 0) is 11.3 Å². The summed E-state index contributed by atoms with van der Waals surface area (Å²) in [6.45, 7) is 1.29. The van der Waals surface area contributed by atoms with Gasteiger partial charge in [-0.2, -0.15) is 0 Å². The zero-order chi connectivity index (χ0) is 13.0. The van der Waals surface area contributed by atoms with Gasteiger partial charge in [0.1, 0.15) is 5.82 Å². The average molecular weight is 314 g/mol. The number of hydrogen-bond donors (Lipinski definition) is 1. The van der Waals surface area contributed by atoms with Gasteiger partial charge in [-0.05, 0) is 34.1 Å². The molecule has 0 spiro atoms. The predicted molar refractivity (Wildman–Crippen MR) is 71.5 cm³/mol. The number of ether oxygens (including phenoxy) is 1. The molecule has 0 amide bonds. The van der Waals surface area contributed by atoms with Crippen molar-refractivity contribution in [2.45, 2.75) is 6.54 Å². The maximum atomic E-state index is 13.4. The Labute approximate surface area is 113 Å². The van der Waals surface area contributed by atoms with Gasteiger partial charge < -0.3 is 14.6 Å². The zero-order valence-corrected chi connectivity index (χ0v) is 11.4. The van der Waals surface area contributed by atoms with Gasteiger partial charge in [0.2, 0.25) is 5.95 Å². The summed E-state index contributed by atoms with van der Waals surface area (Å²) in [5, 5.41) is 3.06. The number of nitrogens with one attached hydrogen (secondary N) is 1. The Kier molecular flexibility index (Phi) is 4.33. The number of nitrogens with zero attached hydrogens (tertiary/aromatic N) is 2. The second-order valence-electron chi connectivity index (χ2n) is 3.69. The summed E-state index contributed by atoms with van der Waals surface area (Å²) >= 11 is 3.12. The van der Waals surface area contributed by atoms with E-state index in [-0.39, 0.29) is 5.82 Å². The Morgan fingerprint density at radius 3 is 3.06 bits per heavy atom. The first-order valence-electron chi connectivity index (χ1n) is 5.43. The number of hydrogen-bond acceptors (Lipinski definition) is 3. The van der Waals surface area contributed by atoms with E-state index in [0.29, 0.717) is 29.3 Å². The molecule has 1 heterocycles. The van der Waals surface area contributed by atoms with Crippen molar-refractivity contribution in [1.29, 1.82) is 0 Å². The molecule has 0 fully saturated rings. The third-order valence-electron chi connectivity index (χ3n) is 2.43. The zero-order valence-electron chi connectivity index (χ0n) is 9.86. The summed E-state index contributed by atoms with van der Waals surface area (Å²) < 4.78 is 20.7. The van der Waals surface area contributed by atoms with E-state index >= 15 is 0 Å². The summed E-state index contributed by atoms with van der Waals surface area (Å²) in [5.74, 6) is 0.351. The number of imidazole rings is 1. The van der Waals surface area contributed by atoms with E-state index in [1.165, 1.54) is 6.07 Å². The van der Waals surface area contributed by atoms with E-state index in [4.69, 9.17) is 4.74 Å². The van der Waals surface area contributed by atoms with Crippen molar-refractivity contribution in [3.63, 3.8) is 0 Å². The van der Waals surface area contributed by atoms with Crippen LogP contribution in [0.15, 0.2) is 35.1 Å². The van der Waals surface area contributed by atoms with Crippen LogP contribution in [0.1, 0.15) is 0 Å².